The number of nitrogens with zero attached hydrogens (tertiary/aromatic N) is 2. The van der Waals surface area contributed by atoms with Crippen molar-refractivity contribution in [2.45, 2.75) is 45.7 Å². The fourth-order valence-corrected chi connectivity index (χ4v) is 2.84. The lowest BCUT2D eigenvalue weighted by Gasteiger charge is -2.24. The Morgan fingerprint density at radius 2 is 1.44 bits per heavy atom. The molecular weight excluding hydrogens is 308 g/mol. The molecule has 2 rings (SSSR count). The van der Waals surface area contributed by atoms with E-state index >= 15 is 0 Å². The lowest BCUT2D eigenvalue weighted by molar-refractivity contribution is -0.132. The van der Waals surface area contributed by atoms with Crippen molar-refractivity contribution in [3.05, 3.63) is 65.7 Å². The van der Waals surface area contributed by atoms with Gasteiger partial charge in [-0.05, 0) is 29.7 Å². The van der Waals surface area contributed by atoms with Crippen LogP contribution in [0.1, 0.15) is 43.7 Å². The molecular formula is C22H30N2O. The molecule has 0 atom stereocenters. The number of amides is 1. The molecule has 0 radical (unpaired) electrons. The number of carbonyl (C=O) groups excluding carboxylic acids is 1. The number of anilines is 1. The topological polar surface area (TPSA) is 23.6 Å². The summed E-state index contributed by atoms with van der Waals surface area (Å²) in [7, 11) is 4.07. The maximum Gasteiger partial charge on any atom is 0.223 e. The van der Waals surface area contributed by atoms with Crippen LogP contribution in [-0.4, -0.2) is 24.9 Å². The van der Waals surface area contributed by atoms with Crippen molar-refractivity contribution in [3.8, 4) is 0 Å². The highest BCUT2D eigenvalue weighted by Gasteiger charge is 2.14. The fraction of sp³-hybridized carbons (Fsp3) is 0.409. The average Bonchev–Trinajstić information content (AvgIpc) is 2.62. The quantitative estimate of drug-likeness (QED) is 0.610. The van der Waals surface area contributed by atoms with Crippen LogP contribution in [0.4, 0.5) is 5.69 Å². The summed E-state index contributed by atoms with van der Waals surface area (Å²) in [5, 5.41) is 0. The SMILES string of the molecule is CCCCCC(=O)N(Cc1ccccc1)Cc1ccc(N(C)C)cc1. The average molecular weight is 338 g/mol. The van der Waals surface area contributed by atoms with Crippen LogP contribution in [0.15, 0.2) is 54.6 Å². The van der Waals surface area contributed by atoms with Crippen molar-refractivity contribution in [3.63, 3.8) is 0 Å². The van der Waals surface area contributed by atoms with E-state index in [9.17, 15) is 4.79 Å². The van der Waals surface area contributed by atoms with Gasteiger partial charge in [-0.1, -0.05) is 62.2 Å². The molecule has 3 nitrogen and oxygen atoms in total. The second-order valence-corrected chi connectivity index (χ2v) is 6.75. The lowest BCUT2D eigenvalue weighted by Crippen LogP contribution is -2.29. The summed E-state index contributed by atoms with van der Waals surface area (Å²) in [6.07, 6.45) is 3.86. The normalized spacial score (nSPS) is 10.5. The molecule has 0 aromatic heterocycles. The van der Waals surface area contributed by atoms with Gasteiger partial charge in [0.25, 0.3) is 0 Å². The Kier molecular flexibility index (Phi) is 7.52. The van der Waals surface area contributed by atoms with Crippen molar-refractivity contribution in [2.75, 3.05) is 19.0 Å². The van der Waals surface area contributed by atoms with Crippen LogP contribution in [0.3, 0.4) is 0 Å². The zero-order valence-electron chi connectivity index (χ0n) is 15.7. The minimum absolute atomic E-state index is 0.244. The zero-order valence-corrected chi connectivity index (χ0v) is 15.7. The van der Waals surface area contributed by atoms with Gasteiger partial charge >= 0.3 is 0 Å². The summed E-state index contributed by atoms with van der Waals surface area (Å²) in [4.78, 5) is 16.8. The molecule has 0 heterocycles. The fourth-order valence-electron chi connectivity index (χ4n) is 2.84. The van der Waals surface area contributed by atoms with Gasteiger partial charge < -0.3 is 9.80 Å². The monoisotopic (exact) mass is 338 g/mol. The van der Waals surface area contributed by atoms with Crippen molar-refractivity contribution >= 4 is 11.6 Å². The standard InChI is InChI=1S/C22H30N2O/c1-4-5-7-12-22(25)24(17-19-10-8-6-9-11-19)18-20-13-15-21(16-14-20)23(2)3/h6,8-11,13-16H,4-5,7,12,17-18H2,1-3H3. The Hall–Kier alpha value is -2.29. The van der Waals surface area contributed by atoms with Gasteiger partial charge in [0.1, 0.15) is 0 Å². The zero-order chi connectivity index (χ0) is 18.1. The van der Waals surface area contributed by atoms with Crippen LogP contribution in [-0.2, 0) is 17.9 Å². The van der Waals surface area contributed by atoms with E-state index in [4.69, 9.17) is 0 Å². The maximum atomic E-state index is 12.7. The molecule has 0 unspecified atom stereocenters. The van der Waals surface area contributed by atoms with Gasteiger partial charge in [0, 0.05) is 39.3 Å². The smallest absolute Gasteiger partial charge is 0.223 e. The molecule has 0 saturated carbocycles. The second kappa shape index (κ2) is 9.87. The molecule has 3 heteroatoms. The van der Waals surface area contributed by atoms with E-state index in [1.54, 1.807) is 0 Å². The Labute approximate surface area is 152 Å². The van der Waals surface area contributed by atoms with Crippen LogP contribution in [0.5, 0.6) is 0 Å². The molecule has 0 aliphatic rings. The highest BCUT2D eigenvalue weighted by molar-refractivity contribution is 5.76. The van der Waals surface area contributed by atoms with Gasteiger partial charge in [-0.15, -0.1) is 0 Å². The molecule has 0 aliphatic heterocycles. The van der Waals surface area contributed by atoms with Crippen LogP contribution in [0, 0.1) is 0 Å². The van der Waals surface area contributed by atoms with Crippen LogP contribution >= 0.6 is 0 Å². The van der Waals surface area contributed by atoms with Gasteiger partial charge in [0.05, 0.1) is 0 Å². The molecule has 0 fully saturated rings. The first-order valence-corrected chi connectivity index (χ1v) is 9.18. The summed E-state index contributed by atoms with van der Waals surface area (Å²) in [5.74, 6) is 0.244. The van der Waals surface area contributed by atoms with Crippen molar-refractivity contribution in [1.29, 1.82) is 0 Å². The maximum absolute atomic E-state index is 12.7. The Morgan fingerprint density at radius 3 is 2.00 bits per heavy atom. The Bertz CT molecular complexity index is 635. The first kappa shape index (κ1) is 19.0. The number of benzene rings is 2. The summed E-state index contributed by atoms with van der Waals surface area (Å²) < 4.78 is 0. The predicted octanol–water partition coefficient (Wildman–Crippen LogP) is 4.86. The highest BCUT2D eigenvalue weighted by atomic mass is 16.2. The van der Waals surface area contributed by atoms with Gasteiger partial charge in [0.15, 0.2) is 0 Å². The van der Waals surface area contributed by atoms with Crippen molar-refractivity contribution in [1.82, 2.24) is 4.90 Å². The number of hydrogen-bond donors (Lipinski definition) is 0. The lowest BCUT2D eigenvalue weighted by atomic mass is 10.1. The summed E-state index contributed by atoms with van der Waals surface area (Å²) in [6, 6.07) is 18.7. The van der Waals surface area contributed by atoms with Crippen molar-refractivity contribution in [2.24, 2.45) is 0 Å². The van der Waals surface area contributed by atoms with Gasteiger partial charge in [-0.3, -0.25) is 4.79 Å². The molecule has 0 N–H and O–H groups in total. The predicted molar refractivity (Wildman–Crippen MR) is 106 cm³/mol. The second-order valence-electron chi connectivity index (χ2n) is 6.75. The van der Waals surface area contributed by atoms with E-state index in [1.807, 2.05) is 37.2 Å². The number of rotatable bonds is 9. The molecule has 25 heavy (non-hydrogen) atoms. The minimum atomic E-state index is 0.244. The molecule has 0 bridgehead atoms. The first-order chi connectivity index (χ1) is 12.1. The Morgan fingerprint density at radius 1 is 0.840 bits per heavy atom. The van der Waals surface area contributed by atoms with E-state index in [0.717, 1.165) is 19.3 Å². The van der Waals surface area contributed by atoms with E-state index in [2.05, 4.69) is 48.2 Å². The Balaban J connectivity index is 2.08. The highest BCUT2D eigenvalue weighted by Crippen LogP contribution is 2.16. The largest absolute Gasteiger partial charge is 0.378 e. The first-order valence-electron chi connectivity index (χ1n) is 9.18. The third-order valence-corrected chi connectivity index (χ3v) is 4.39. The number of carbonyl (C=O) groups is 1. The molecule has 1 amide bonds. The summed E-state index contributed by atoms with van der Waals surface area (Å²) in [6.45, 7) is 3.49. The van der Waals surface area contributed by atoms with E-state index in [1.165, 1.54) is 16.8 Å². The van der Waals surface area contributed by atoms with Crippen LogP contribution < -0.4 is 4.90 Å². The van der Waals surface area contributed by atoms with E-state index in [-0.39, 0.29) is 5.91 Å². The van der Waals surface area contributed by atoms with Gasteiger partial charge in [0.2, 0.25) is 5.91 Å². The summed E-state index contributed by atoms with van der Waals surface area (Å²) in [5.41, 5.74) is 3.52. The van der Waals surface area contributed by atoms with Gasteiger partial charge in [-0.2, -0.15) is 0 Å². The van der Waals surface area contributed by atoms with Crippen LogP contribution in [0.25, 0.3) is 0 Å². The van der Waals surface area contributed by atoms with E-state index in [0.29, 0.717) is 19.5 Å². The minimum Gasteiger partial charge on any atom is -0.378 e. The van der Waals surface area contributed by atoms with Gasteiger partial charge in [-0.25, -0.2) is 0 Å². The molecule has 0 spiro atoms. The third kappa shape index (κ3) is 6.26. The molecule has 2 aromatic rings. The van der Waals surface area contributed by atoms with Crippen molar-refractivity contribution < 1.29 is 4.79 Å². The summed E-state index contributed by atoms with van der Waals surface area (Å²) >= 11 is 0. The van der Waals surface area contributed by atoms with E-state index < -0.39 is 0 Å². The molecule has 0 aliphatic carbocycles. The molecule has 2 aromatic carbocycles. The number of unbranched alkanes of at least 4 members (excludes halogenated alkanes) is 2. The molecule has 0 saturated heterocycles. The number of hydrogen-bond acceptors (Lipinski definition) is 2. The third-order valence-electron chi connectivity index (χ3n) is 4.39. The van der Waals surface area contributed by atoms with Crippen LogP contribution in [0.2, 0.25) is 0 Å². The molecule has 134 valence electrons.